The third kappa shape index (κ3) is 2.65. The molecule has 0 aromatic heterocycles. The third-order valence-electron chi connectivity index (χ3n) is 3.18. The number of benzene rings is 1. The molecular formula is C13H19N3O. The number of hydrogen-bond donors (Lipinski definition) is 2. The molecule has 3 N–H and O–H groups in total. The predicted octanol–water partition coefficient (Wildman–Crippen LogP) is 0.368. The van der Waals surface area contributed by atoms with Gasteiger partial charge in [0.15, 0.2) is 0 Å². The molecule has 1 saturated heterocycles. The van der Waals surface area contributed by atoms with Crippen molar-refractivity contribution in [2.24, 2.45) is 5.73 Å². The van der Waals surface area contributed by atoms with Crippen LogP contribution in [0.1, 0.15) is 15.9 Å². The van der Waals surface area contributed by atoms with Crippen molar-refractivity contribution in [2.75, 3.05) is 26.2 Å². The zero-order chi connectivity index (χ0) is 12.3. The zero-order valence-corrected chi connectivity index (χ0v) is 10.1. The van der Waals surface area contributed by atoms with Crippen molar-refractivity contribution >= 4 is 5.91 Å². The van der Waals surface area contributed by atoms with E-state index in [1.165, 1.54) is 0 Å². The molecular weight excluding hydrogens is 214 g/mol. The van der Waals surface area contributed by atoms with E-state index in [9.17, 15) is 4.79 Å². The van der Waals surface area contributed by atoms with Crippen LogP contribution in [0.2, 0.25) is 0 Å². The number of carbonyl (C=O) groups is 1. The molecule has 1 aliphatic heterocycles. The third-order valence-corrected chi connectivity index (χ3v) is 3.18. The van der Waals surface area contributed by atoms with E-state index in [1.54, 1.807) is 0 Å². The van der Waals surface area contributed by atoms with Crippen LogP contribution in [0.3, 0.4) is 0 Å². The molecule has 1 atom stereocenters. The summed E-state index contributed by atoms with van der Waals surface area (Å²) in [6.07, 6.45) is 0. The van der Waals surface area contributed by atoms with Crippen molar-refractivity contribution in [3.05, 3.63) is 35.4 Å². The average Bonchev–Trinajstić information content (AvgIpc) is 2.39. The van der Waals surface area contributed by atoms with Crippen LogP contribution in [0.25, 0.3) is 0 Å². The summed E-state index contributed by atoms with van der Waals surface area (Å²) in [5.41, 5.74) is 7.61. The highest BCUT2D eigenvalue weighted by atomic mass is 16.2. The lowest BCUT2D eigenvalue weighted by atomic mass is 10.1. The minimum atomic E-state index is 0.0851. The van der Waals surface area contributed by atoms with E-state index in [-0.39, 0.29) is 11.9 Å². The average molecular weight is 233 g/mol. The van der Waals surface area contributed by atoms with Crippen LogP contribution < -0.4 is 11.1 Å². The molecule has 0 aliphatic carbocycles. The van der Waals surface area contributed by atoms with Crippen LogP contribution in [0.15, 0.2) is 24.3 Å². The Bertz CT molecular complexity index is 388. The van der Waals surface area contributed by atoms with E-state index in [2.05, 4.69) is 5.32 Å². The number of piperazine rings is 1. The van der Waals surface area contributed by atoms with E-state index >= 15 is 0 Å². The van der Waals surface area contributed by atoms with E-state index in [0.29, 0.717) is 6.54 Å². The number of nitrogens with one attached hydrogen (secondary N) is 1. The van der Waals surface area contributed by atoms with Gasteiger partial charge in [-0.1, -0.05) is 17.7 Å². The molecule has 17 heavy (non-hydrogen) atoms. The number of amides is 1. The molecule has 0 bridgehead atoms. The lowest BCUT2D eigenvalue weighted by molar-refractivity contribution is 0.0645. The molecule has 1 fully saturated rings. The molecule has 1 aromatic carbocycles. The molecule has 4 nitrogen and oxygen atoms in total. The Kier molecular flexibility index (Phi) is 3.76. The van der Waals surface area contributed by atoms with E-state index in [0.717, 1.165) is 30.8 Å². The summed E-state index contributed by atoms with van der Waals surface area (Å²) in [7, 11) is 0. The van der Waals surface area contributed by atoms with Gasteiger partial charge in [0.25, 0.3) is 5.91 Å². The summed E-state index contributed by atoms with van der Waals surface area (Å²) in [6, 6.07) is 7.80. The van der Waals surface area contributed by atoms with Crippen molar-refractivity contribution in [2.45, 2.75) is 13.0 Å². The van der Waals surface area contributed by atoms with Crippen molar-refractivity contribution < 1.29 is 4.79 Å². The van der Waals surface area contributed by atoms with E-state index < -0.39 is 0 Å². The number of rotatable bonds is 2. The van der Waals surface area contributed by atoms with Crippen molar-refractivity contribution in [3.63, 3.8) is 0 Å². The maximum Gasteiger partial charge on any atom is 0.254 e. The molecule has 1 aromatic rings. The minimum absolute atomic E-state index is 0.0851. The summed E-state index contributed by atoms with van der Waals surface area (Å²) in [4.78, 5) is 14.2. The fourth-order valence-corrected chi connectivity index (χ4v) is 2.10. The van der Waals surface area contributed by atoms with Crippen LogP contribution in [0.5, 0.6) is 0 Å². The van der Waals surface area contributed by atoms with Gasteiger partial charge in [0.05, 0.1) is 6.04 Å². The minimum Gasteiger partial charge on any atom is -0.332 e. The smallest absolute Gasteiger partial charge is 0.254 e. The van der Waals surface area contributed by atoms with Gasteiger partial charge in [-0.3, -0.25) is 4.79 Å². The SMILES string of the molecule is Cc1ccc(C(=O)N2CCNCC2CN)cc1. The summed E-state index contributed by atoms with van der Waals surface area (Å²) >= 11 is 0. The van der Waals surface area contributed by atoms with Gasteiger partial charge in [-0.25, -0.2) is 0 Å². The highest BCUT2D eigenvalue weighted by Gasteiger charge is 2.25. The second-order valence-electron chi connectivity index (χ2n) is 4.46. The first-order chi connectivity index (χ1) is 8.22. The maximum absolute atomic E-state index is 12.3. The summed E-state index contributed by atoms with van der Waals surface area (Å²) in [5.74, 6) is 0.0851. The number of aryl methyl sites for hydroxylation is 1. The van der Waals surface area contributed by atoms with E-state index in [4.69, 9.17) is 5.73 Å². The van der Waals surface area contributed by atoms with Crippen LogP contribution in [0.4, 0.5) is 0 Å². The number of nitrogens with two attached hydrogens (primary N) is 1. The maximum atomic E-state index is 12.3. The van der Waals surface area contributed by atoms with Gasteiger partial charge >= 0.3 is 0 Å². The van der Waals surface area contributed by atoms with Crippen molar-refractivity contribution in [1.82, 2.24) is 10.2 Å². The monoisotopic (exact) mass is 233 g/mol. The topological polar surface area (TPSA) is 58.4 Å². The first-order valence-electron chi connectivity index (χ1n) is 6.01. The zero-order valence-electron chi connectivity index (χ0n) is 10.1. The van der Waals surface area contributed by atoms with Crippen LogP contribution in [0, 0.1) is 6.92 Å². The van der Waals surface area contributed by atoms with Gasteiger partial charge in [-0.15, -0.1) is 0 Å². The Balaban J connectivity index is 2.15. The van der Waals surface area contributed by atoms with Gasteiger partial charge in [-0.2, -0.15) is 0 Å². The molecule has 4 heteroatoms. The first kappa shape index (κ1) is 12.1. The van der Waals surface area contributed by atoms with Gasteiger partial charge in [0.2, 0.25) is 0 Å². The number of carbonyl (C=O) groups excluding carboxylic acids is 1. The molecule has 1 amide bonds. The van der Waals surface area contributed by atoms with Crippen LogP contribution in [-0.4, -0.2) is 43.0 Å². The Hall–Kier alpha value is -1.39. The van der Waals surface area contributed by atoms with Gasteiger partial charge in [0.1, 0.15) is 0 Å². The lowest BCUT2D eigenvalue weighted by Crippen LogP contribution is -2.56. The molecule has 0 saturated carbocycles. The standard InChI is InChI=1S/C13H19N3O/c1-10-2-4-11(5-3-10)13(17)16-7-6-15-9-12(16)8-14/h2-5,12,15H,6-9,14H2,1H3. The Morgan fingerprint density at radius 3 is 2.82 bits per heavy atom. The molecule has 1 heterocycles. The van der Waals surface area contributed by atoms with Crippen molar-refractivity contribution in [3.8, 4) is 0 Å². The Morgan fingerprint density at radius 1 is 1.47 bits per heavy atom. The van der Waals surface area contributed by atoms with Crippen molar-refractivity contribution in [1.29, 1.82) is 0 Å². The van der Waals surface area contributed by atoms with Crippen LogP contribution in [-0.2, 0) is 0 Å². The predicted molar refractivity (Wildman–Crippen MR) is 67.9 cm³/mol. The summed E-state index contributed by atoms with van der Waals surface area (Å²) in [6.45, 7) is 4.88. The fourth-order valence-electron chi connectivity index (χ4n) is 2.10. The quantitative estimate of drug-likeness (QED) is 0.776. The largest absolute Gasteiger partial charge is 0.332 e. The fraction of sp³-hybridized carbons (Fsp3) is 0.462. The van der Waals surface area contributed by atoms with Gasteiger partial charge in [0, 0.05) is 31.7 Å². The molecule has 92 valence electrons. The van der Waals surface area contributed by atoms with Gasteiger partial charge < -0.3 is 16.0 Å². The second-order valence-corrected chi connectivity index (χ2v) is 4.46. The Morgan fingerprint density at radius 2 is 2.18 bits per heavy atom. The molecule has 1 unspecified atom stereocenters. The lowest BCUT2D eigenvalue weighted by Gasteiger charge is -2.35. The Labute approximate surface area is 102 Å². The molecule has 0 radical (unpaired) electrons. The van der Waals surface area contributed by atoms with E-state index in [1.807, 2.05) is 36.1 Å². The summed E-state index contributed by atoms with van der Waals surface area (Å²) in [5, 5.41) is 3.26. The summed E-state index contributed by atoms with van der Waals surface area (Å²) < 4.78 is 0. The number of nitrogens with zero attached hydrogens (tertiary/aromatic N) is 1. The highest BCUT2D eigenvalue weighted by Crippen LogP contribution is 2.11. The van der Waals surface area contributed by atoms with Gasteiger partial charge in [-0.05, 0) is 19.1 Å². The highest BCUT2D eigenvalue weighted by molar-refractivity contribution is 5.94. The second kappa shape index (κ2) is 5.29. The first-order valence-corrected chi connectivity index (χ1v) is 6.01. The molecule has 1 aliphatic rings. The normalized spacial score (nSPS) is 20.4. The van der Waals surface area contributed by atoms with Crippen LogP contribution >= 0.6 is 0 Å². The molecule has 0 spiro atoms. The molecule has 2 rings (SSSR count). The number of hydrogen-bond acceptors (Lipinski definition) is 3.